The Morgan fingerprint density at radius 1 is 1.00 bits per heavy atom. The summed E-state index contributed by atoms with van der Waals surface area (Å²) in [4.78, 5) is 0. The monoisotopic (exact) mass is 183 g/mol. The topological polar surface area (TPSA) is 21.3 Å². The fourth-order valence-corrected chi connectivity index (χ4v) is 2.89. The fraction of sp³-hybridized carbons (Fsp3) is 1.00. The van der Waals surface area contributed by atoms with Crippen LogP contribution < -0.4 is 5.32 Å². The van der Waals surface area contributed by atoms with Gasteiger partial charge in [-0.15, -0.1) is 0 Å². The zero-order valence-corrected chi connectivity index (χ0v) is 8.59. The minimum atomic E-state index is 0.799. The summed E-state index contributed by atoms with van der Waals surface area (Å²) in [6, 6.07) is 0.799. The Morgan fingerprint density at radius 3 is 2.38 bits per heavy atom. The molecular formula is C11H21NO. The van der Waals surface area contributed by atoms with Gasteiger partial charge in [0, 0.05) is 19.3 Å². The van der Waals surface area contributed by atoms with Crippen LogP contribution in [0.3, 0.4) is 0 Å². The van der Waals surface area contributed by atoms with Crippen molar-refractivity contribution in [1.82, 2.24) is 5.32 Å². The molecular weight excluding hydrogens is 162 g/mol. The molecule has 1 aliphatic heterocycles. The molecule has 13 heavy (non-hydrogen) atoms. The second kappa shape index (κ2) is 4.43. The Bertz CT molecular complexity index is 154. The SMILES string of the molecule is CNC1CCC(C2CCOCC2)C1. The van der Waals surface area contributed by atoms with Crippen LogP contribution in [0.5, 0.6) is 0 Å². The van der Waals surface area contributed by atoms with Gasteiger partial charge in [-0.3, -0.25) is 0 Å². The number of hydrogen-bond donors (Lipinski definition) is 1. The van der Waals surface area contributed by atoms with E-state index < -0.39 is 0 Å². The molecule has 2 heteroatoms. The zero-order chi connectivity index (χ0) is 9.10. The van der Waals surface area contributed by atoms with Crippen LogP contribution in [0.15, 0.2) is 0 Å². The summed E-state index contributed by atoms with van der Waals surface area (Å²) in [5.41, 5.74) is 0. The highest BCUT2D eigenvalue weighted by Gasteiger charge is 2.30. The molecule has 2 aliphatic rings. The van der Waals surface area contributed by atoms with E-state index in [1.165, 1.54) is 32.1 Å². The van der Waals surface area contributed by atoms with Crippen LogP contribution in [-0.4, -0.2) is 26.3 Å². The van der Waals surface area contributed by atoms with Gasteiger partial charge in [0.05, 0.1) is 0 Å². The molecule has 0 spiro atoms. The third-order valence-corrected chi connectivity index (χ3v) is 3.81. The van der Waals surface area contributed by atoms with Crippen molar-refractivity contribution in [3.63, 3.8) is 0 Å². The van der Waals surface area contributed by atoms with E-state index in [0.717, 1.165) is 31.1 Å². The number of ether oxygens (including phenoxy) is 1. The summed E-state index contributed by atoms with van der Waals surface area (Å²) in [5, 5.41) is 3.40. The first kappa shape index (κ1) is 9.47. The van der Waals surface area contributed by atoms with E-state index in [9.17, 15) is 0 Å². The highest BCUT2D eigenvalue weighted by atomic mass is 16.5. The molecule has 0 aromatic heterocycles. The van der Waals surface area contributed by atoms with Crippen molar-refractivity contribution in [1.29, 1.82) is 0 Å². The molecule has 2 nitrogen and oxygen atoms in total. The van der Waals surface area contributed by atoms with Crippen molar-refractivity contribution in [3.05, 3.63) is 0 Å². The lowest BCUT2D eigenvalue weighted by atomic mass is 9.85. The molecule has 1 aliphatic carbocycles. The van der Waals surface area contributed by atoms with E-state index in [1.54, 1.807) is 0 Å². The summed E-state index contributed by atoms with van der Waals surface area (Å²) < 4.78 is 5.40. The van der Waals surface area contributed by atoms with Crippen LogP contribution in [0.1, 0.15) is 32.1 Å². The molecule has 0 amide bonds. The summed E-state index contributed by atoms with van der Waals surface area (Å²) in [6.45, 7) is 2.01. The van der Waals surface area contributed by atoms with E-state index in [2.05, 4.69) is 12.4 Å². The molecule has 2 fully saturated rings. The Kier molecular flexibility index (Phi) is 3.23. The first-order chi connectivity index (χ1) is 6.40. The minimum absolute atomic E-state index is 0.799. The second-order valence-corrected chi connectivity index (χ2v) is 4.51. The maximum atomic E-state index is 5.40. The second-order valence-electron chi connectivity index (χ2n) is 4.51. The fourth-order valence-electron chi connectivity index (χ4n) is 2.89. The van der Waals surface area contributed by atoms with E-state index in [-0.39, 0.29) is 0 Å². The summed E-state index contributed by atoms with van der Waals surface area (Å²) >= 11 is 0. The highest BCUT2D eigenvalue weighted by Crippen LogP contribution is 2.36. The molecule has 0 radical (unpaired) electrons. The molecule has 76 valence electrons. The van der Waals surface area contributed by atoms with Gasteiger partial charge in [-0.05, 0) is 51.0 Å². The number of rotatable bonds is 2. The summed E-state index contributed by atoms with van der Waals surface area (Å²) in [6.07, 6.45) is 6.85. The molecule has 1 saturated carbocycles. The van der Waals surface area contributed by atoms with E-state index >= 15 is 0 Å². The zero-order valence-electron chi connectivity index (χ0n) is 8.59. The van der Waals surface area contributed by atoms with Crippen molar-refractivity contribution >= 4 is 0 Å². The molecule has 1 saturated heterocycles. The molecule has 2 unspecified atom stereocenters. The standard InChI is InChI=1S/C11H21NO/c1-12-11-3-2-10(8-11)9-4-6-13-7-5-9/h9-12H,2-8H2,1H3. The molecule has 0 aromatic rings. The van der Waals surface area contributed by atoms with Crippen LogP contribution in [-0.2, 0) is 4.74 Å². The quantitative estimate of drug-likeness (QED) is 0.705. The van der Waals surface area contributed by atoms with Gasteiger partial charge >= 0.3 is 0 Å². The molecule has 2 rings (SSSR count). The van der Waals surface area contributed by atoms with Crippen LogP contribution in [0.25, 0.3) is 0 Å². The van der Waals surface area contributed by atoms with E-state index in [4.69, 9.17) is 4.74 Å². The molecule has 2 atom stereocenters. The highest BCUT2D eigenvalue weighted by molar-refractivity contribution is 4.84. The van der Waals surface area contributed by atoms with Crippen LogP contribution in [0.2, 0.25) is 0 Å². The predicted molar refractivity (Wildman–Crippen MR) is 53.7 cm³/mol. The molecule has 0 bridgehead atoms. The lowest BCUT2D eigenvalue weighted by Crippen LogP contribution is -2.25. The van der Waals surface area contributed by atoms with Gasteiger partial charge in [-0.2, -0.15) is 0 Å². The van der Waals surface area contributed by atoms with Gasteiger partial charge in [0.1, 0.15) is 0 Å². The lowest BCUT2D eigenvalue weighted by Gasteiger charge is -2.27. The Morgan fingerprint density at radius 2 is 1.77 bits per heavy atom. The molecule has 1 heterocycles. The van der Waals surface area contributed by atoms with Crippen molar-refractivity contribution in [2.75, 3.05) is 20.3 Å². The average molecular weight is 183 g/mol. The van der Waals surface area contributed by atoms with Crippen molar-refractivity contribution in [3.8, 4) is 0 Å². The number of nitrogens with one attached hydrogen (secondary N) is 1. The number of hydrogen-bond acceptors (Lipinski definition) is 2. The van der Waals surface area contributed by atoms with Crippen LogP contribution >= 0.6 is 0 Å². The van der Waals surface area contributed by atoms with Crippen molar-refractivity contribution < 1.29 is 4.74 Å². The summed E-state index contributed by atoms with van der Waals surface area (Å²) in [7, 11) is 2.09. The Hall–Kier alpha value is -0.0800. The Labute approximate surface area is 81.0 Å². The molecule has 0 aromatic carbocycles. The maximum Gasteiger partial charge on any atom is 0.0468 e. The smallest absolute Gasteiger partial charge is 0.0468 e. The third kappa shape index (κ3) is 2.23. The maximum absolute atomic E-state index is 5.40. The lowest BCUT2D eigenvalue weighted by molar-refractivity contribution is 0.0473. The Balaban J connectivity index is 1.80. The summed E-state index contributed by atoms with van der Waals surface area (Å²) in [5.74, 6) is 1.95. The first-order valence-corrected chi connectivity index (χ1v) is 5.65. The van der Waals surface area contributed by atoms with Gasteiger partial charge in [0.2, 0.25) is 0 Å². The molecule has 1 N–H and O–H groups in total. The van der Waals surface area contributed by atoms with Gasteiger partial charge < -0.3 is 10.1 Å². The minimum Gasteiger partial charge on any atom is -0.381 e. The third-order valence-electron chi connectivity index (χ3n) is 3.81. The van der Waals surface area contributed by atoms with Gasteiger partial charge in [0.25, 0.3) is 0 Å². The van der Waals surface area contributed by atoms with Crippen molar-refractivity contribution in [2.24, 2.45) is 11.8 Å². The van der Waals surface area contributed by atoms with Crippen molar-refractivity contribution in [2.45, 2.75) is 38.1 Å². The largest absolute Gasteiger partial charge is 0.381 e. The predicted octanol–water partition coefficient (Wildman–Crippen LogP) is 1.80. The van der Waals surface area contributed by atoms with Crippen LogP contribution in [0.4, 0.5) is 0 Å². The van der Waals surface area contributed by atoms with Gasteiger partial charge in [0.15, 0.2) is 0 Å². The van der Waals surface area contributed by atoms with Gasteiger partial charge in [-0.1, -0.05) is 0 Å². The van der Waals surface area contributed by atoms with Crippen LogP contribution in [0, 0.1) is 11.8 Å². The first-order valence-electron chi connectivity index (χ1n) is 5.65. The van der Waals surface area contributed by atoms with Gasteiger partial charge in [-0.25, -0.2) is 0 Å². The van der Waals surface area contributed by atoms with E-state index in [1.807, 2.05) is 0 Å². The average Bonchev–Trinajstić information content (AvgIpc) is 2.67. The normalized spacial score (nSPS) is 36.7. The van der Waals surface area contributed by atoms with E-state index in [0.29, 0.717) is 0 Å².